The Hall–Kier alpha value is -3.71. The standard InChI is InChI=1S/C27H23F2NO4/c1-15-13-18(6-8-20(15)28)30-22-3-2-4-23(31)25(22)24(26(30)16-9-11-34-12-10-16)19-7-5-17(27(32)33)14-21(19)29/h2-8,13-14,16,31H,9-12H2,1H3,(H,32,33). The smallest absolute Gasteiger partial charge is 0.335 e. The molecule has 2 heterocycles. The van der Waals surface area contributed by atoms with Crippen LogP contribution in [0.2, 0.25) is 0 Å². The lowest BCUT2D eigenvalue weighted by molar-refractivity contribution is 0.0696. The van der Waals surface area contributed by atoms with E-state index < -0.39 is 11.8 Å². The van der Waals surface area contributed by atoms with Crippen molar-refractivity contribution in [2.75, 3.05) is 13.2 Å². The van der Waals surface area contributed by atoms with Crippen molar-refractivity contribution in [2.45, 2.75) is 25.7 Å². The van der Waals surface area contributed by atoms with Gasteiger partial charge in [0.1, 0.15) is 17.4 Å². The van der Waals surface area contributed by atoms with Crippen molar-refractivity contribution in [3.63, 3.8) is 0 Å². The van der Waals surface area contributed by atoms with Gasteiger partial charge in [0.2, 0.25) is 0 Å². The van der Waals surface area contributed by atoms with E-state index in [9.17, 15) is 19.4 Å². The molecule has 1 aliphatic heterocycles. The summed E-state index contributed by atoms with van der Waals surface area (Å²) in [6, 6.07) is 13.7. The zero-order valence-corrected chi connectivity index (χ0v) is 18.5. The lowest BCUT2D eigenvalue weighted by Gasteiger charge is -2.26. The highest BCUT2D eigenvalue weighted by atomic mass is 19.1. The molecule has 0 saturated carbocycles. The molecule has 1 saturated heterocycles. The molecular weight excluding hydrogens is 440 g/mol. The molecule has 5 nitrogen and oxygen atoms in total. The minimum Gasteiger partial charge on any atom is -0.507 e. The lowest BCUT2D eigenvalue weighted by atomic mass is 9.89. The van der Waals surface area contributed by atoms with Crippen molar-refractivity contribution in [2.24, 2.45) is 0 Å². The Labute approximate surface area is 194 Å². The Bertz CT molecular complexity index is 1420. The number of hydrogen-bond acceptors (Lipinski definition) is 3. The summed E-state index contributed by atoms with van der Waals surface area (Å²) in [4.78, 5) is 11.4. The minimum absolute atomic E-state index is 0.0138. The molecule has 0 spiro atoms. The number of hydrogen-bond donors (Lipinski definition) is 2. The molecule has 3 aromatic carbocycles. The van der Waals surface area contributed by atoms with E-state index in [2.05, 4.69) is 0 Å². The number of fused-ring (bicyclic) bond motifs is 1. The highest BCUT2D eigenvalue weighted by Crippen LogP contribution is 2.47. The van der Waals surface area contributed by atoms with Crippen LogP contribution in [-0.2, 0) is 4.74 Å². The second-order valence-electron chi connectivity index (χ2n) is 8.59. The van der Waals surface area contributed by atoms with Crippen LogP contribution in [0.25, 0.3) is 27.7 Å². The second kappa shape index (κ2) is 8.57. The maximum atomic E-state index is 15.4. The van der Waals surface area contributed by atoms with E-state index in [-0.39, 0.29) is 28.6 Å². The predicted octanol–water partition coefficient (Wildman–Crippen LogP) is 6.18. The third kappa shape index (κ3) is 3.62. The summed E-state index contributed by atoms with van der Waals surface area (Å²) in [5.41, 5.74) is 3.17. The number of carboxylic acids is 1. The molecule has 0 bridgehead atoms. The third-order valence-corrected chi connectivity index (χ3v) is 6.50. The van der Waals surface area contributed by atoms with Gasteiger partial charge in [0.25, 0.3) is 0 Å². The fourth-order valence-electron chi connectivity index (χ4n) is 4.87. The number of phenols is 1. The molecular formula is C27H23F2NO4. The average molecular weight is 463 g/mol. The van der Waals surface area contributed by atoms with Crippen molar-refractivity contribution in [3.8, 4) is 22.6 Å². The Balaban J connectivity index is 1.90. The molecule has 7 heteroatoms. The van der Waals surface area contributed by atoms with Gasteiger partial charge in [-0.25, -0.2) is 13.6 Å². The SMILES string of the molecule is Cc1cc(-n2c(C3CCOCC3)c(-c3ccc(C(=O)O)cc3F)c3c(O)cccc32)ccc1F. The molecule has 5 rings (SSSR count). The fourth-order valence-corrected chi connectivity index (χ4v) is 4.87. The number of rotatable bonds is 4. The Morgan fingerprint density at radius 1 is 1.03 bits per heavy atom. The minimum atomic E-state index is -1.22. The highest BCUT2D eigenvalue weighted by molar-refractivity contribution is 6.03. The number of aryl methyl sites for hydroxylation is 1. The quantitative estimate of drug-likeness (QED) is 0.379. The molecule has 2 N–H and O–H groups in total. The van der Waals surface area contributed by atoms with Crippen molar-refractivity contribution in [1.29, 1.82) is 0 Å². The number of carbonyl (C=O) groups is 1. The normalized spacial score (nSPS) is 14.6. The van der Waals surface area contributed by atoms with Gasteiger partial charge >= 0.3 is 5.97 Å². The second-order valence-corrected chi connectivity index (χ2v) is 8.59. The number of ether oxygens (including phenoxy) is 1. The van der Waals surface area contributed by atoms with Gasteiger partial charge in [-0.15, -0.1) is 0 Å². The Morgan fingerprint density at radius 2 is 1.79 bits per heavy atom. The van der Waals surface area contributed by atoms with Crippen LogP contribution < -0.4 is 0 Å². The maximum absolute atomic E-state index is 15.4. The van der Waals surface area contributed by atoms with Gasteiger partial charge in [-0.1, -0.05) is 12.1 Å². The van der Waals surface area contributed by atoms with Gasteiger partial charge < -0.3 is 19.5 Å². The third-order valence-electron chi connectivity index (χ3n) is 6.50. The first kappa shape index (κ1) is 22.1. The monoisotopic (exact) mass is 463 g/mol. The van der Waals surface area contributed by atoms with Crippen LogP contribution in [-0.4, -0.2) is 34.0 Å². The first-order valence-corrected chi connectivity index (χ1v) is 11.1. The van der Waals surface area contributed by atoms with E-state index in [0.29, 0.717) is 53.8 Å². The molecule has 0 radical (unpaired) electrons. The molecule has 4 aromatic rings. The number of aromatic nitrogens is 1. The molecule has 1 aromatic heterocycles. The zero-order chi connectivity index (χ0) is 24.0. The van der Waals surface area contributed by atoms with Crippen molar-refractivity contribution >= 4 is 16.9 Å². The first-order valence-electron chi connectivity index (χ1n) is 11.1. The summed E-state index contributed by atoms with van der Waals surface area (Å²) in [5, 5.41) is 20.7. The molecule has 174 valence electrons. The van der Waals surface area contributed by atoms with Crippen LogP contribution in [0, 0.1) is 18.6 Å². The molecule has 0 atom stereocenters. The van der Waals surface area contributed by atoms with E-state index >= 15 is 4.39 Å². The summed E-state index contributed by atoms with van der Waals surface area (Å²) in [7, 11) is 0. The topological polar surface area (TPSA) is 71.7 Å². The summed E-state index contributed by atoms with van der Waals surface area (Å²) in [6.45, 7) is 2.77. The number of phenolic OH excluding ortho intramolecular Hbond substituents is 1. The molecule has 0 unspecified atom stereocenters. The number of halogens is 2. The Kier molecular flexibility index (Phi) is 5.57. The summed E-state index contributed by atoms with van der Waals surface area (Å²) >= 11 is 0. The van der Waals surface area contributed by atoms with Gasteiger partial charge in [0, 0.05) is 41.6 Å². The number of aromatic carboxylic acids is 1. The first-order chi connectivity index (χ1) is 16.4. The molecule has 1 aliphatic rings. The molecule has 0 amide bonds. The molecule has 0 aliphatic carbocycles. The largest absolute Gasteiger partial charge is 0.507 e. The number of nitrogens with zero attached hydrogens (tertiary/aromatic N) is 1. The van der Waals surface area contributed by atoms with E-state index in [4.69, 9.17) is 4.74 Å². The molecule has 34 heavy (non-hydrogen) atoms. The average Bonchev–Trinajstić information content (AvgIpc) is 3.17. The van der Waals surface area contributed by atoms with Gasteiger partial charge in [0.15, 0.2) is 0 Å². The van der Waals surface area contributed by atoms with E-state index in [1.165, 1.54) is 18.2 Å². The number of carboxylic acid groups (broad SMARTS) is 1. The maximum Gasteiger partial charge on any atom is 0.335 e. The summed E-state index contributed by atoms with van der Waals surface area (Å²) in [5.74, 6) is -2.27. The van der Waals surface area contributed by atoms with Gasteiger partial charge in [0.05, 0.1) is 16.5 Å². The van der Waals surface area contributed by atoms with Crippen LogP contribution in [0.4, 0.5) is 8.78 Å². The van der Waals surface area contributed by atoms with Gasteiger partial charge in [-0.3, -0.25) is 0 Å². The van der Waals surface area contributed by atoms with Crippen molar-refractivity contribution < 1.29 is 28.5 Å². The van der Waals surface area contributed by atoms with Crippen LogP contribution >= 0.6 is 0 Å². The van der Waals surface area contributed by atoms with Crippen LogP contribution in [0.3, 0.4) is 0 Å². The van der Waals surface area contributed by atoms with Crippen LogP contribution in [0.1, 0.15) is 40.4 Å². The van der Waals surface area contributed by atoms with E-state index in [1.54, 1.807) is 31.2 Å². The summed E-state index contributed by atoms with van der Waals surface area (Å²) < 4.78 is 37.0. The predicted molar refractivity (Wildman–Crippen MR) is 125 cm³/mol. The van der Waals surface area contributed by atoms with Crippen LogP contribution in [0.5, 0.6) is 5.75 Å². The van der Waals surface area contributed by atoms with Crippen LogP contribution in [0.15, 0.2) is 54.6 Å². The lowest BCUT2D eigenvalue weighted by Crippen LogP contribution is -2.17. The van der Waals surface area contributed by atoms with E-state index in [1.807, 2.05) is 10.6 Å². The fraction of sp³-hybridized carbons (Fsp3) is 0.222. The zero-order valence-electron chi connectivity index (χ0n) is 18.5. The van der Waals surface area contributed by atoms with E-state index in [0.717, 1.165) is 11.8 Å². The summed E-state index contributed by atoms with van der Waals surface area (Å²) in [6.07, 6.45) is 1.39. The van der Waals surface area contributed by atoms with Crippen molar-refractivity contribution in [3.05, 3.63) is 83.1 Å². The Morgan fingerprint density at radius 3 is 2.47 bits per heavy atom. The highest BCUT2D eigenvalue weighted by Gasteiger charge is 2.30. The van der Waals surface area contributed by atoms with Gasteiger partial charge in [-0.2, -0.15) is 0 Å². The molecule has 1 fully saturated rings. The number of aromatic hydroxyl groups is 1. The van der Waals surface area contributed by atoms with Gasteiger partial charge in [-0.05, 0) is 67.8 Å². The number of benzene rings is 3. The van der Waals surface area contributed by atoms with Crippen molar-refractivity contribution in [1.82, 2.24) is 4.57 Å².